The van der Waals surface area contributed by atoms with Gasteiger partial charge in [0.05, 0.1) is 0 Å². The van der Waals surface area contributed by atoms with Gasteiger partial charge in [0.2, 0.25) is 0 Å². The highest BCUT2D eigenvalue weighted by Crippen LogP contribution is 2.07. The lowest BCUT2D eigenvalue weighted by atomic mass is 10.0. The molecular formula is C11H20O2. The van der Waals surface area contributed by atoms with Gasteiger partial charge < -0.3 is 5.11 Å². The van der Waals surface area contributed by atoms with Crippen LogP contribution in [0.25, 0.3) is 0 Å². The molecule has 13 heavy (non-hydrogen) atoms. The van der Waals surface area contributed by atoms with Crippen LogP contribution in [-0.2, 0) is 4.79 Å². The van der Waals surface area contributed by atoms with Crippen molar-refractivity contribution in [1.29, 1.82) is 0 Å². The molecule has 2 heteroatoms. The van der Waals surface area contributed by atoms with E-state index in [1.165, 1.54) is 6.42 Å². The van der Waals surface area contributed by atoms with Crippen molar-refractivity contribution in [3.63, 3.8) is 0 Å². The van der Waals surface area contributed by atoms with Crippen LogP contribution in [0.4, 0.5) is 0 Å². The molecule has 0 aliphatic heterocycles. The van der Waals surface area contributed by atoms with Gasteiger partial charge in [0.1, 0.15) is 0 Å². The molecule has 0 aliphatic rings. The summed E-state index contributed by atoms with van der Waals surface area (Å²) in [6.45, 7) is 4.41. The molecule has 1 atom stereocenters. The van der Waals surface area contributed by atoms with E-state index in [9.17, 15) is 4.79 Å². The normalized spacial score (nSPS) is 13.4. The number of hydrogen-bond donors (Lipinski definition) is 1. The Morgan fingerprint density at radius 3 is 2.69 bits per heavy atom. The molecule has 0 spiro atoms. The Morgan fingerprint density at radius 2 is 2.15 bits per heavy atom. The van der Waals surface area contributed by atoms with Crippen LogP contribution < -0.4 is 0 Å². The molecule has 2 nitrogen and oxygen atoms in total. The van der Waals surface area contributed by atoms with Gasteiger partial charge in [0.15, 0.2) is 0 Å². The SMILES string of the molecule is CCC(C)C/C=C/CCCC(=O)O. The van der Waals surface area contributed by atoms with Gasteiger partial charge in [-0.1, -0.05) is 32.4 Å². The molecule has 0 saturated heterocycles. The summed E-state index contributed by atoms with van der Waals surface area (Å²) in [5.41, 5.74) is 0. The summed E-state index contributed by atoms with van der Waals surface area (Å²) in [7, 11) is 0. The second-order valence-corrected chi connectivity index (χ2v) is 3.51. The van der Waals surface area contributed by atoms with Crippen molar-refractivity contribution in [1.82, 2.24) is 0 Å². The van der Waals surface area contributed by atoms with Gasteiger partial charge in [-0.25, -0.2) is 0 Å². The smallest absolute Gasteiger partial charge is 0.303 e. The third kappa shape index (κ3) is 9.12. The molecule has 0 heterocycles. The van der Waals surface area contributed by atoms with Crippen LogP contribution in [-0.4, -0.2) is 11.1 Å². The molecule has 1 unspecified atom stereocenters. The Labute approximate surface area is 80.7 Å². The van der Waals surface area contributed by atoms with Crippen molar-refractivity contribution in [2.45, 2.75) is 46.0 Å². The Bertz CT molecular complexity index is 161. The predicted molar refractivity (Wildman–Crippen MR) is 54.7 cm³/mol. The van der Waals surface area contributed by atoms with Crippen molar-refractivity contribution < 1.29 is 9.90 Å². The van der Waals surface area contributed by atoms with Crippen LogP contribution in [0.3, 0.4) is 0 Å². The third-order valence-corrected chi connectivity index (χ3v) is 2.16. The Balaban J connectivity index is 3.26. The molecule has 0 rings (SSSR count). The largest absolute Gasteiger partial charge is 0.481 e. The maximum atomic E-state index is 10.2. The number of aliphatic carboxylic acids is 1. The molecule has 0 aromatic carbocycles. The maximum Gasteiger partial charge on any atom is 0.303 e. The molecule has 0 amide bonds. The average molecular weight is 184 g/mol. The number of carbonyl (C=O) groups is 1. The van der Waals surface area contributed by atoms with Gasteiger partial charge in [-0.05, 0) is 25.2 Å². The summed E-state index contributed by atoms with van der Waals surface area (Å²) in [5, 5.41) is 8.37. The average Bonchev–Trinajstić information content (AvgIpc) is 2.10. The van der Waals surface area contributed by atoms with Gasteiger partial charge in [0, 0.05) is 6.42 Å². The number of unbranched alkanes of at least 4 members (excludes halogenated alkanes) is 1. The zero-order valence-electron chi connectivity index (χ0n) is 8.62. The molecule has 0 aromatic rings. The fraction of sp³-hybridized carbons (Fsp3) is 0.727. The molecule has 0 bridgehead atoms. The zero-order valence-corrected chi connectivity index (χ0v) is 8.62. The van der Waals surface area contributed by atoms with E-state index < -0.39 is 5.97 Å². The van der Waals surface area contributed by atoms with Crippen molar-refractivity contribution in [2.75, 3.05) is 0 Å². The summed E-state index contributed by atoms with van der Waals surface area (Å²) in [6, 6.07) is 0. The van der Waals surface area contributed by atoms with Gasteiger partial charge in [0.25, 0.3) is 0 Å². The minimum atomic E-state index is -0.699. The lowest BCUT2D eigenvalue weighted by Crippen LogP contribution is -1.92. The fourth-order valence-corrected chi connectivity index (χ4v) is 0.984. The van der Waals surface area contributed by atoms with Crippen molar-refractivity contribution in [3.05, 3.63) is 12.2 Å². The molecular weight excluding hydrogens is 164 g/mol. The Hall–Kier alpha value is -0.790. The quantitative estimate of drug-likeness (QED) is 0.487. The van der Waals surface area contributed by atoms with Crippen LogP contribution in [0.1, 0.15) is 46.0 Å². The number of allylic oxidation sites excluding steroid dienone is 2. The van der Waals surface area contributed by atoms with Crippen molar-refractivity contribution >= 4 is 5.97 Å². The number of rotatable bonds is 7. The van der Waals surface area contributed by atoms with E-state index in [4.69, 9.17) is 5.11 Å². The van der Waals surface area contributed by atoms with E-state index >= 15 is 0 Å². The molecule has 0 aromatic heterocycles. The molecule has 0 fully saturated rings. The second-order valence-electron chi connectivity index (χ2n) is 3.51. The van der Waals surface area contributed by atoms with E-state index in [0.717, 1.165) is 25.2 Å². The molecule has 1 N–H and O–H groups in total. The van der Waals surface area contributed by atoms with Gasteiger partial charge in [-0.15, -0.1) is 0 Å². The summed E-state index contributed by atoms with van der Waals surface area (Å²) < 4.78 is 0. The zero-order chi connectivity index (χ0) is 10.1. The van der Waals surface area contributed by atoms with Crippen LogP contribution in [0.2, 0.25) is 0 Å². The minimum absolute atomic E-state index is 0.285. The summed E-state index contributed by atoms with van der Waals surface area (Å²) >= 11 is 0. The van der Waals surface area contributed by atoms with E-state index in [1.54, 1.807) is 0 Å². The lowest BCUT2D eigenvalue weighted by molar-refractivity contribution is -0.137. The maximum absolute atomic E-state index is 10.2. The minimum Gasteiger partial charge on any atom is -0.481 e. The van der Waals surface area contributed by atoms with Gasteiger partial charge >= 0.3 is 5.97 Å². The number of hydrogen-bond acceptors (Lipinski definition) is 1. The second kappa shape index (κ2) is 7.84. The number of carboxylic acids is 1. The highest BCUT2D eigenvalue weighted by Gasteiger charge is 1.95. The first kappa shape index (κ1) is 12.2. The van der Waals surface area contributed by atoms with E-state index in [-0.39, 0.29) is 6.42 Å². The van der Waals surface area contributed by atoms with Gasteiger partial charge in [-0.3, -0.25) is 4.79 Å². The van der Waals surface area contributed by atoms with Crippen LogP contribution in [0.5, 0.6) is 0 Å². The monoisotopic (exact) mass is 184 g/mol. The standard InChI is InChI=1S/C11H20O2/c1-3-10(2)8-6-4-5-7-9-11(12)13/h4,6,10H,3,5,7-9H2,1-2H3,(H,12,13)/b6-4+. The van der Waals surface area contributed by atoms with E-state index in [0.29, 0.717) is 0 Å². The first-order chi connectivity index (χ1) is 6.16. The molecule has 0 radical (unpaired) electrons. The fourth-order valence-electron chi connectivity index (χ4n) is 0.984. The van der Waals surface area contributed by atoms with Crippen LogP contribution >= 0.6 is 0 Å². The van der Waals surface area contributed by atoms with Crippen molar-refractivity contribution in [3.8, 4) is 0 Å². The van der Waals surface area contributed by atoms with E-state index in [2.05, 4.69) is 26.0 Å². The summed E-state index contributed by atoms with van der Waals surface area (Å²) in [5.74, 6) is 0.0473. The Kier molecular flexibility index (Phi) is 7.36. The Morgan fingerprint density at radius 1 is 1.46 bits per heavy atom. The van der Waals surface area contributed by atoms with Crippen LogP contribution in [0, 0.1) is 5.92 Å². The number of carboxylic acid groups (broad SMARTS) is 1. The third-order valence-electron chi connectivity index (χ3n) is 2.16. The predicted octanol–water partition coefficient (Wildman–Crippen LogP) is 3.23. The first-order valence-electron chi connectivity index (χ1n) is 5.03. The summed E-state index contributed by atoms with van der Waals surface area (Å²) in [4.78, 5) is 10.2. The van der Waals surface area contributed by atoms with E-state index in [1.807, 2.05) is 0 Å². The van der Waals surface area contributed by atoms with Gasteiger partial charge in [-0.2, -0.15) is 0 Å². The molecule has 76 valence electrons. The molecule has 0 aliphatic carbocycles. The lowest BCUT2D eigenvalue weighted by Gasteiger charge is -2.01. The van der Waals surface area contributed by atoms with Crippen LogP contribution in [0.15, 0.2) is 12.2 Å². The summed E-state index contributed by atoms with van der Waals surface area (Å²) in [6.07, 6.45) is 8.51. The topological polar surface area (TPSA) is 37.3 Å². The highest BCUT2D eigenvalue weighted by molar-refractivity contribution is 5.66. The van der Waals surface area contributed by atoms with Crippen molar-refractivity contribution in [2.24, 2.45) is 5.92 Å². The highest BCUT2D eigenvalue weighted by atomic mass is 16.4. The molecule has 0 saturated carbocycles. The first-order valence-corrected chi connectivity index (χ1v) is 5.03.